The van der Waals surface area contributed by atoms with Crippen LogP contribution in [0, 0.1) is 39.4 Å². The van der Waals surface area contributed by atoms with Gasteiger partial charge >= 0.3 is 26.8 Å². The summed E-state index contributed by atoms with van der Waals surface area (Å²) in [7, 11) is -9.23. The van der Waals surface area contributed by atoms with Crippen molar-refractivity contribution in [2.24, 2.45) is 39.4 Å². The molecule has 6 saturated heterocycles. The summed E-state index contributed by atoms with van der Waals surface area (Å²) < 4.78 is 146. The fourth-order valence-electron chi connectivity index (χ4n) is 17.6. The molecule has 96 heavy (non-hydrogen) atoms. The number of hydrogen-bond donors (Lipinski definition) is 15. The van der Waals surface area contributed by atoms with Crippen LogP contribution in [0.25, 0.3) is 0 Å². The zero-order chi connectivity index (χ0) is 70.7. The third-order valence-corrected chi connectivity index (χ3v) is 23.4. The van der Waals surface area contributed by atoms with Crippen molar-refractivity contribution in [3.05, 3.63) is 23.8 Å². The van der Waals surface area contributed by atoms with Gasteiger partial charge in [0.25, 0.3) is 0 Å². The van der Waals surface area contributed by atoms with Gasteiger partial charge < -0.3 is 123 Å². The van der Waals surface area contributed by atoms with E-state index in [9.17, 15) is 97.1 Å². The van der Waals surface area contributed by atoms with Crippen LogP contribution >= 0.6 is 0 Å². The molecule has 3 saturated carbocycles. The van der Waals surface area contributed by atoms with Crippen molar-refractivity contribution in [1.82, 2.24) is 0 Å². The zero-order valence-corrected chi connectivity index (χ0v) is 56.2. The van der Waals surface area contributed by atoms with Crippen molar-refractivity contribution in [3.63, 3.8) is 0 Å². The predicted octanol–water partition coefficient (Wildman–Crippen LogP) is -3.97. The van der Waals surface area contributed by atoms with Crippen LogP contribution in [0.5, 0.6) is 0 Å². The fraction of sp³-hybridized carbons (Fsp3) is 0.917. The maximum absolute atomic E-state index is 14.6. The molecule has 4 aliphatic carbocycles. The van der Waals surface area contributed by atoms with Gasteiger partial charge in [0, 0.05) is 19.4 Å². The SMILES string of the molecule is COC1C(O)C(CO)OC(OC2C(O)C(COS(=O)(=O)O)OC(OC3C(C)OC(OC4C(OC5CCC6(C)C7=CC(O)C89C(=O)OC(C)(CC=CC(C)(C)O)C8CCC9(C)C7CCC6C5(C)C)OCC(OC5OC(COS(=O)(=O)O)C(O)C(O)C5O)C4O)C(O)C3O)C2O)C1O. The Morgan fingerprint density at radius 3 is 1.76 bits per heavy atom. The highest BCUT2D eigenvalue weighted by atomic mass is 32.3. The van der Waals surface area contributed by atoms with Crippen molar-refractivity contribution in [2.45, 2.75) is 271 Å². The van der Waals surface area contributed by atoms with Crippen LogP contribution in [-0.2, 0) is 90.8 Å². The van der Waals surface area contributed by atoms with E-state index in [1.165, 1.54) is 6.92 Å². The Bertz CT molecular complexity index is 3030. The van der Waals surface area contributed by atoms with E-state index >= 15 is 0 Å². The topological polar surface area (TPSA) is 518 Å². The lowest BCUT2D eigenvalue weighted by Gasteiger charge is -2.64. The van der Waals surface area contributed by atoms with Crippen LogP contribution in [0.4, 0.5) is 0 Å². The summed E-state index contributed by atoms with van der Waals surface area (Å²) >= 11 is 0. The fourth-order valence-corrected chi connectivity index (χ4v) is 18.2. The van der Waals surface area contributed by atoms with Gasteiger partial charge in [0.05, 0.1) is 50.3 Å². The first-order valence-electron chi connectivity index (χ1n) is 32.3. The first kappa shape index (κ1) is 76.4. The summed E-state index contributed by atoms with van der Waals surface area (Å²) in [5.41, 5.74) is -4.27. The van der Waals surface area contributed by atoms with Gasteiger partial charge in [-0.15, -0.1) is 0 Å². The normalized spacial score (nSPS) is 49.9. The number of ether oxygens (including phenoxy) is 12. The smallest absolute Gasteiger partial charge is 0.397 e. The Morgan fingerprint density at radius 1 is 0.604 bits per heavy atom. The molecule has 0 aromatic rings. The van der Waals surface area contributed by atoms with Crippen molar-refractivity contribution in [3.8, 4) is 0 Å². The molecule has 1 spiro atoms. The summed E-state index contributed by atoms with van der Waals surface area (Å²) in [6.45, 7) is 11.1. The van der Waals surface area contributed by atoms with Crippen molar-refractivity contribution in [2.75, 3.05) is 33.5 Å². The lowest BCUT2D eigenvalue weighted by Crippen LogP contribution is -2.67. The van der Waals surface area contributed by atoms with Gasteiger partial charge in [0.15, 0.2) is 31.5 Å². The quantitative estimate of drug-likeness (QED) is 0.0226. The van der Waals surface area contributed by atoms with Crippen LogP contribution < -0.4 is 0 Å². The van der Waals surface area contributed by atoms with Crippen molar-refractivity contribution in [1.29, 1.82) is 0 Å². The van der Waals surface area contributed by atoms with E-state index in [-0.39, 0.29) is 17.8 Å². The molecule has 0 bridgehead atoms. The number of fused-ring (bicyclic) bond motifs is 4. The minimum atomic E-state index is -5.22. The Hall–Kier alpha value is -2.27. The van der Waals surface area contributed by atoms with Gasteiger partial charge in [-0.25, -0.2) is 8.37 Å². The summed E-state index contributed by atoms with van der Waals surface area (Å²) in [5.74, 6) is -1.05. The van der Waals surface area contributed by atoms with Gasteiger partial charge in [0.1, 0.15) is 121 Å². The molecule has 15 N–H and O–H groups in total. The predicted molar refractivity (Wildman–Crippen MR) is 317 cm³/mol. The second-order valence-corrected chi connectivity index (χ2v) is 31.4. The molecule has 34 nitrogen and oxygen atoms in total. The third kappa shape index (κ3) is 14.1. The molecule has 6 heterocycles. The maximum Gasteiger partial charge on any atom is 0.397 e. The largest absolute Gasteiger partial charge is 0.458 e. The minimum absolute atomic E-state index is 0.123. The molecule has 0 amide bonds. The van der Waals surface area contributed by atoms with E-state index in [0.29, 0.717) is 44.9 Å². The maximum atomic E-state index is 14.6. The van der Waals surface area contributed by atoms with E-state index in [4.69, 9.17) is 56.8 Å². The molecule has 9 fully saturated rings. The molecule has 552 valence electrons. The van der Waals surface area contributed by atoms with Gasteiger partial charge in [-0.1, -0.05) is 51.5 Å². The van der Waals surface area contributed by atoms with Gasteiger partial charge in [-0.05, 0) is 94.3 Å². The molecule has 0 radical (unpaired) electrons. The lowest BCUT2D eigenvalue weighted by atomic mass is 9.40. The van der Waals surface area contributed by atoms with Crippen LogP contribution in [0.15, 0.2) is 23.8 Å². The minimum Gasteiger partial charge on any atom is -0.458 e. The highest BCUT2D eigenvalue weighted by molar-refractivity contribution is 7.81. The average molecular weight is 1430 g/mol. The number of carbonyl (C=O) groups excluding carboxylic acids is 1. The highest BCUT2D eigenvalue weighted by Gasteiger charge is 2.79. The molecule has 10 rings (SSSR count). The van der Waals surface area contributed by atoms with Crippen LogP contribution in [-0.4, -0.2) is 303 Å². The molecule has 0 aromatic carbocycles. The summed E-state index contributed by atoms with van der Waals surface area (Å²) in [6.07, 6.45) is -37.8. The van der Waals surface area contributed by atoms with E-state index < -0.39 is 246 Å². The van der Waals surface area contributed by atoms with Crippen LogP contribution in [0.1, 0.15) is 100 Å². The number of cyclic esters (lactones) is 1. The number of aliphatic hydroxyl groups is 13. The molecular formula is C60H96O34S2. The third-order valence-electron chi connectivity index (χ3n) is 22.5. The highest BCUT2D eigenvalue weighted by Crippen LogP contribution is 2.76. The summed E-state index contributed by atoms with van der Waals surface area (Å²) in [6, 6.07) is 0. The number of allylic oxidation sites excluding steroid dienone is 1. The molecule has 33 atom stereocenters. The number of aliphatic hydroxyl groups excluding tert-OH is 12. The molecule has 10 aliphatic rings. The lowest BCUT2D eigenvalue weighted by molar-refractivity contribution is -0.394. The zero-order valence-electron chi connectivity index (χ0n) is 54.5. The molecular weight excluding hydrogens is 1330 g/mol. The first-order valence-corrected chi connectivity index (χ1v) is 35.0. The molecule has 6 aliphatic heterocycles. The monoisotopic (exact) mass is 1420 g/mol. The second kappa shape index (κ2) is 28.1. The molecule has 36 heteroatoms. The Balaban J connectivity index is 0.894. The number of hydrogen-bond acceptors (Lipinski definition) is 32. The van der Waals surface area contributed by atoms with Crippen molar-refractivity contribution >= 4 is 26.8 Å². The Kier molecular flexibility index (Phi) is 22.3. The first-order chi connectivity index (χ1) is 44.6. The number of carbonyl (C=O) groups is 1. The standard InChI is InChI=1S/C60H96O34S2/c1-24-45(91-52-44(72)47(37(65)30(89-52)23-84-96(78,79)80)92-51-43(71)46(81-9)36(64)27(20-61)86-51)40(68)42(70)49(85-24)93-48-38(66)28(87-50-41(69)39(67)35(63)29(88-50)22-83-95(75,76)77)21-82-53(48)90-34-14-17-57(6)26-19-33(62)60-32(59(8,94-54(60)73)16-10-15-55(2,3)74)13-18-58(60,7)25(26)11-12-31(57)56(34,4)5/h10,15,19,24-25,27-53,61-72,74H,11-14,16-18,20-23H2,1-9H3,(H,75,76,77)(H,78,79,80). The number of methoxy groups -OCH3 is 1. The van der Waals surface area contributed by atoms with Crippen LogP contribution in [0.2, 0.25) is 0 Å². The van der Waals surface area contributed by atoms with E-state index in [0.717, 1.165) is 12.7 Å². The van der Waals surface area contributed by atoms with Gasteiger partial charge in [-0.3, -0.25) is 13.9 Å². The average Bonchev–Trinajstić information content (AvgIpc) is 1.45. The number of rotatable bonds is 21. The summed E-state index contributed by atoms with van der Waals surface area (Å²) in [4.78, 5) is 14.6. The summed E-state index contributed by atoms with van der Waals surface area (Å²) in [5, 5.41) is 147. The van der Waals surface area contributed by atoms with E-state index in [2.05, 4.69) is 22.2 Å². The molecule has 33 unspecified atom stereocenters. The van der Waals surface area contributed by atoms with Gasteiger partial charge in [-0.2, -0.15) is 16.8 Å². The Morgan fingerprint density at radius 2 is 1.16 bits per heavy atom. The second-order valence-electron chi connectivity index (χ2n) is 29.2. The van der Waals surface area contributed by atoms with Crippen LogP contribution in [0.3, 0.4) is 0 Å². The number of esters is 1. The Labute approximate surface area is 555 Å². The van der Waals surface area contributed by atoms with Crippen molar-refractivity contribution < 1.29 is 162 Å². The molecule has 0 aromatic heterocycles. The van der Waals surface area contributed by atoms with E-state index in [1.807, 2.05) is 32.9 Å². The van der Waals surface area contributed by atoms with E-state index in [1.54, 1.807) is 19.9 Å². The van der Waals surface area contributed by atoms with Gasteiger partial charge in [0.2, 0.25) is 0 Å².